The molecule has 58 valence electrons. The van der Waals surface area contributed by atoms with Crippen LogP contribution in [0.1, 0.15) is 47.0 Å². The van der Waals surface area contributed by atoms with Crippen LogP contribution in [0.5, 0.6) is 0 Å². The number of rotatable bonds is 3. The smallest absolute Gasteiger partial charge is 0.00936 e. The number of hydrogen-bond acceptors (Lipinski definition) is 0. The van der Waals surface area contributed by atoms with Crippen molar-refractivity contribution in [3.63, 3.8) is 0 Å². The molecule has 0 spiro atoms. The molecular weight excluding hydrogens is 120 g/mol. The molecule has 0 aromatic rings. The van der Waals surface area contributed by atoms with Crippen LogP contribution in [0.25, 0.3) is 0 Å². The van der Waals surface area contributed by atoms with Gasteiger partial charge in [0, 0.05) is 6.42 Å². The van der Waals surface area contributed by atoms with Crippen molar-refractivity contribution in [1.29, 1.82) is 0 Å². The Labute approximate surface area is 65.0 Å². The van der Waals surface area contributed by atoms with Gasteiger partial charge in [-0.15, -0.1) is 11.8 Å². The third-order valence-corrected chi connectivity index (χ3v) is 2.06. The first-order valence-electron chi connectivity index (χ1n) is 4.02. The van der Waals surface area contributed by atoms with Crippen LogP contribution in [0.15, 0.2) is 0 Å². The monoisotopic (exact) mass is 138 g/mol. The summed E-state index contributed by atoms with van der Waals surface area (Å²) in [5.41, 5.74) is 0.490. The molecule has 0 rings (SSSR count). The molecule has 0 aliphatic heterocycles. The van der Waals surface area contributed by atoms with Gasteiger partial charge < -0.3 is 0 Å². The minimum Gasteiger partial charge on any atom is -0.107 e. The maximum atomic E-state index is 3.09. The Morgan fingerprint density at radius 3 is 2.30 bits per heavy atom. The Kier molecular flexibility index (Phi) is 4.19. The van der Waals surface area contributed by atoms with E-state index in [9.17, 15) is 0 Å². The molecule has 0 aromatic heterocycles. The van der Waals surface area contributed by atoms with Gasteiger partial charge in [0.05, 0.1) is 0 Å². The molecule has 0 saturated carbocycles. The van der Waals surface area contributed by atoms with Crippen LogP contribution in [-0.2, 0) is 0 Å². The molecule has 0 heteroatoms. The van der Waals surface area contributed by atoms with E-state index in [0.29, 0.717) is 5.41 Å². The van der Waals surface area contributed by atoms with E-state index in [1.807, 2.05) is 6.92 Å². The average Bonchev–Trinajstić information content (AvgIpc) is 1.89. The quantitative estimate of drug-likeness (QED) is 0.525. The highest BCUT2D eigenvalue weighted by molar-refractivity contribution is 4.95. The fourth-order valence-electron chi connectivity index (χ4n) is 0.703. The zero-order chi connectivity index (χ0) is 8.04. The Hall–Kier alpha value is -0.440. The van der Waals surface area contributed by atoms with Crippen molar-refractivity contribution in [1.82, 2.24) is 0 Å². The van der Waals surface area contributed by atoms with E-state index in [2.05, 4.69) is 32.6 Å². The lowest BCUT2D eigenvalue weighted by Crippen LogP contribution is -2.08. The lowest BCUT2D eigenvalue weighted by Gasteiger charge is -2.20. The second-order valence-electron chi connectivity index (χ2n) is 3.44. The molecule has 0 unspecified atom stereocenters. The van der Waals surface area contributed by atoms with Crippen molar-refractivity contribution in [2.24, 2.45) is 5.41 Å². The van der Waals surface area contributed by atoms with Crippen LogP contribution >= 0.6 is 0 Å². The van der Waals surface area contributed by atoms with Gasteiger partial charge in [-0.2, -0.15) is 0 Å². The van der Waals surface area contributed by atoms with E-state index in [-0.39, 0.29) is 0 Å². The van der Waals surface area contributed by atoms with Crippen LogP contribution in [0.3, 0.4) is 0 Å². The first-order chi connectivity index (χ1) is 4.62. The Balaban J connectivity index is 3.53. The summed E-state index contributed by atoms with van der Waals surface area (Å²) >= 11 is 0. The van der Waals surface area contributed by atoms with Gasteiger partial charge in [-0.1, -0.05) is 27.2 Å². The zero-order valence-electron chi connectivity index (χ0n) is 7.62. The standard InChI is InChI=1S/C10H18/c1-5-7-8-9-10(3,4)6-2/h6,8-9H2,1-4H3. The maximum absolute atomic E-state index is 3.09. The molecule has 0 atom stereocenters. The fraction of sp³-hybridized carbons (Fsp3) is 0.800. The van der Waals surface area contributed by atoms with Gasteiger partial charge >= 0.3 is 0 Å². The molecule has 0 aliphatic carbocycles. The van der Waals surface area contributed by atoms with Crippen molar-refractivity contribution in [3.05, 3.63) is 0 Å². The Morgan fingerprint density at radius 2 is 1.90 bits per heavy atom. The summed E-state index contributed by atoms with van der Waals surface area (Å²) in [4.78, 5) is 0. The van der Waals surface area contributed by atoms with Gasteiger partial charge in [0.2, 0.25) is 0 Å². The van der Waals surface area contributed by atoms with Gasteiger partial charge in [0.25, 0.3) is 0 Å². The minimum atomic E-state index is 0.490. The lowest BCUT2D eigenvalue weighted by atomic mass is 9.85. The Morgan fingerprint density at radius 1 is 1.30 bits per heavy atom. The third kappa shape index (κ3) is 4.44. The van der Waals surface area contributed by atoms with E-state index < -0.39 is 0 Å². The van der Waals surface area contributed by atoms with E-state index in [0.717, 1.165) is 6.42 Å². The average molecular weight is 138 g/mol. The molecule has 0 aliphatic rings. The lowest BCUT2D eigenvalue weighted by molar-refractivity contribution is 0.327. The first kappa shape index (κ1) is 9.56. The minimum absolute atomic E-state index is 0.490. The highest BCUT2D eigenvalue weighted by atomic mass is 14.2. The highest BCUT2D eigenvalue weighted by Gasteiger charge is 2.12. The van der Waals surface area contributed by atoms with Gasteiger partial charge in [0.15, 0.2) is 0 Å². The van der Waals surface area contributed by atoms with Gasteiger partial charge in [-0.05, 0) is 18.8 Å². The van der Waals surface area contributed by atoms with Crippen LogP contribution in [0.4, 0.5) is 0 Å². The molecule has 0 nitrogen and oxygen atoms in total. The van der Waals surface area contributed by atoms with Crippen molar-refractivity contribution < 1.29 is 0 Å². The van der Waals surface area contributed by atoms with E-state index >= 15 is 0 Å². The van der Waals surface area contributed by atoms with E-state index in [4.69, 9.17) is 0 Å². The molecule has 0 fully saturated rings. The van der Waals surface area contributed by atoms with Crippen molar-refractivity contribution in [3.8, 4) is 11.8 Å². The normalized spacial score (nSPS) is 10.4. The maximum Gasteiger partial charge on any atom is 0.00936 e. The van der Waals surface area contributed by atoms with Gasteiger partial charge in [-0.25, -0.2) is 0 Å². The van der Waals surface area contributed by atoms with Crippen molar-refractivity contribution in [2.75, 3.05) is 0 Å². The largest absolute Gasteiger partial charge is 0.107 e. The summed E-state index contributed by atoms with van der Waals surface area (Å²) in [6, 6.07) is 0. The summed E-state index contributed by atoms with van der Waals surface area (Å²) in [7, 11) is 0. The molecule has 0 saturated heterocycles. The molecule has 0 radical (unpaired) electrons. The molecule has 0 amide bonds. The van der Waals surface area contributed by atoms with Crippen LogP contribution in [0, 0.1) is 17.3 Å². The van der Waals surface area contributed by atoms with Crippen molar-refractivity contribution in [2.45, 2.75) is 47.0 Å². The van der Waals surface area contributed by atoms with E-state index in [1.165, 1.54) is 12.8 Å². The second kappa shape index (κ2) is 4.39. The summed E-state index contributed by atoms with van der Waals surface area (Å²) in [5.74, 6) is 6.00. The van der Waals surface area contributed by atoms with Crippen molar-refractivity contribution >= 4 is 0 Å². The van der Waals surface area contributed by atoms with Crippen LogP contribution < -0.4 is 0 Å². The van der Waals surface area contributed by atoms with Crippen LogP contribution in [-0.4, -0.2) is 0 Å². The first-order valence-corrected chi connectivity index (χ1v) is 4.02. The summed E-state index contributed by atoms with van der Waals surface area (Å²) in [5, 5.41) is 0. The van der Waals surface area contributed by atoms with Gasteiger partial charge in [-0.3, -0.25) is 0 Å². The predicted molar refractivity (Wildman–Crippen MR) is 46.8 cm³/mol. The molecule has 10 heavy (non-hydrogen) atoms. The molecular formula is C10H18. The fourth-order valence-corrected chi connectivity index (χ4v) is 0.703. The van der Waals surface area contributed by atoms with Crippen LogP contribution in [0.2, 0.25) is 0 Å². The number of hydrogen-bond donors (Lipinski definition) is 0. The molecule has 0 aromatic carbocycles. The second-order valence-corrected chi connectivity index (χ2v) is 3.44. The third-order valence-electron chi connectivity index (χ3n) is 2.06. The zero-order valence-corrected chi connectivity index (χ0v) is 7.62. The predicted octanol–water partition coefficient (Wildman–Crippen LogP) is 3.23. The Bertz CT molecular complexity index is 132. The summed E-state index contributed by atoms with van der Waals surface area (Å²) in [6.07, 6.45) is 3.53. The topological polar surface area (TPSA) is 0 Å². The van der Waals surface area contributed by atoms with Gasteiger partial charge in [0.1, 0.15) is 0 Å². The van der Waals surface area contributed by atoms with E-state index in [1.54, 1.807) is 0 Å². The SMILES string of the molecule is CC#CCCC(C)(C)CC. The summed E-state index contributed by atoms with van der Waals surface area (Å²) in [6.45, 7) is 8.73. The summed E-state index contributed by atoms with van der Waals surface area (Å²) < 4.78 is 0. The highest BCUT2D eigenvalue weighted by Crippen LogP contribution is 2.25. The molecule has 0 heterocycles. The molecule has 0 bridgehead atoms. The molecule has 0 N–H and O–H groups in total.